The third-order valence-corrected chi connectivity index (χ3v) is 2.99. The van der Waals surface area contributed by atoms with E-state index in [-0.39, 0.29) is 6.10 Å². The maximum atomic E-state index is 5.90. The lowest BCUT2D eigenvalue weighted by molar-refractivity contribution is 0.209. The fourth-order valence-corrected chi connectivity index (χ4v) is 1.75. The molecule has 3 nitrogen and oxygen atoms in total. The van der Waals surface area contributed by atoms with Crippen molar-refractivity contribution in [3.05, 3.63) is 59.4 Å². The molecule has 2 N–H and O–H groups in total. The summed E-state index contributed by atoms with van der Waals surface area (Å²) >= 11 is 0. The van der Waals surface area contributed by atoms with Gasteiger partial charge in [0.15, 0.2) is 6.10 Å². The maximum absolute atomic E-state index is 5.90. The van der Waals surface area contributed by atoms with Crippen molar-refractivity contribution in [2.24, 2.45) is 5.73 Å². The number of hydrogen-bond donors (Lipinski definition) is 1. The Hall–Kier alpha value is -1.87. The molecule has 1 aromatic heterocycles. The van der Waals surface area contributed by atoms with E-state index in [2.05, 4.69) is 24.9 Å². The van der Waals surface area contributed by atoms with Crippen molar-refractivity contribution >= 4 is 0 Å². The van der Waals surface area contributed by atoms with E-state index in [1.165, 1.54) is 11.1 Å². The second-order valence-electron chi connectivity index (χ2n) is 4.34. The van der Waals surface area contributed by atoms with Gasteiger partial charge in [-0.25, -0.2) is 0 Å². The van der Waals surface area contributed by atoms with Crippen molar-refractivity contribution in [2.45, 2.75) is 20.0 Å². The molecule has 0 saturated heterocycles. The van der Waals surface area contributed by atoms with Gasteiger partial charge in [-0.3, -0.25) is 4.98 Å². The molecule has 3 heteroatoms. The summed E-state index contributed by atoms with van der Waals surface area (Å²) in [5, 5.41) is 0. The molecule has 0 bridgehead atoms. The van der Waals surface area contributed by atoms with Gasteiger partial charge >= 0.3 is 0 Å². The fraction of sp³-hybridized carbons (Fsp3) is 0.267. The van der Waals surface area contributed by atoms with Crippen molar-refractivity contribution in [3.8, 4) is 5.75 Å². The summed E-state index contributed by atoms with van der Waals surface area (Å²) in [6.07, 6.45) is 1.55. The smallest absolute Gasteiger partial charge is 0.153 e. The summed E-state index contributed by atoms with van der Waals surface area (Å²) in [6.45, 7) is 4.56. The zero-order valence-electron chi connectivity index (χ0n) is 10.8. The molecular formula is C15H18N2O. The first-order valence-corrected chi connectivity index (χ1v) is 6.05. The maximum Gasteiger partial charge on any atom is 0.153 e. The molecule has 0 radical (unpaired) electrons. The molecular weight excluding hydrogens is 224 g/mol. The highest BCUT2D eigenvalue weighted by Crippen LogP contribution is 2.22. The number of rotatable bonds is 4. The summed E-state index contributed by atoms with van der Waals surface area (Å²) in [7, 11) is 0. The van der Waals surface area contributed by atoms with Gasteiger partial charge in [-0.2, -0.15) is 0 Å². The zero-order valence-corrected chi connectivity index (χ0v) is 10.8. The average molecular weight is 242 g/mol. The summed E-state index contributed by atoms with van der Waals surface area (Å²) < 4.78 is 5.90. The van der Waals surface area contributed by atoms with Gasteiger partial charge < -0.3 is 10.5 Å². The Morgan fingerprint density at radius 3 is 2.61 bits per heavy atom. The van der Waals surface area contributed by atoms with Crippen LogP contribution >= 0.6 is 0 Å². The molecule has 0 saturated carbocycles. The molecule has 0 aliphatic carbocycles. The van der Waals surface area contributed by atoms with E-state index in [0.29, 0.717) is 6.54 Å². The fourth-order valence-electron chi connectivity index (χ4n) is 1.75. The summed E-state index contributed by atoms with van der Waals surface area (Å²) in [6, 6.07) is 11.8. The van der Waals surface area contributed by atoms with Crippen LogP contribution < -0.4 is 10.5 Å². The van der Waals surface area contributed by atoms with E-state index >= 15 is 0 Å². The minimum atomic E-state index is -0.201. The molecule has 94 valence electrons. The van der Waals surface area contributed by atoms with Crippen LogP contribution in [-0.2, 0) is 0 Å². The topological polar surface area (TPSA) is 48.1 Å². The van der Waals surface area contributed by atoms with Crippen LogP contribution in [0.1, 0.15) is 22.9 Å². The predicted molar refractivity (Wildman–Crippen MR) is 72.6 cm³/mol. The first-order valence-electron chi connectivity index (χ1n) is 6.05. The minimum absolute atomic E-state index is 0.201. The monoisotopic (exact) mass is 242 g/mol. The standard InChI is InChI=1S/C15H18N2O/c1-11-6-7-13(9-12(11)2)18-15(10-16)14-5-3-4-8-17-14/h3-9,15H,10,16H2,1-2H3. The van der Waals surface area contributed by atoms with Crippen LogP contribution in [0.2, 0.25) is 0 Å². The first-order chi connectivity index (χ1) is 8.70. The molecule has 2 rings (SSSR count). The van der Waals surface area contributed by atoms with E-state index in [1.807, 2.05) is 30.3 Å². The summed E-state index contributed by atoms with van der Waals surface area (Å²) in [5.74, 6) is 0.833. The Kier molecular flexibility index (Phi) is 3.95. The number of pyridine rings is 1. The van der Waals surface area contributed by atoms with Gasteiger partial charge in [-0.15, -0.1) is 0 Å². The van der Waals surface area contributed by atoms with Gasteiger partial charge in [0.25, 0.3) is 0 Å². The molecule has 2 aromatic rings. The van der Waals surface area contributed by atoms with E-state index in [4.69, 9.17) is 10.5 Å². The van der Waals surface area contributed by atoms with Crippen molar-refractivity contribution in [1.82, 2.24) is 4.98 Å². The second kappa shape index (κ2) is 5.65. The van der Waals surface area contributed by atoms with Crippen molar-refractivity contribution in [2.75, 3.05) is 6.54 Å². The van der Waals surface area contributed by atoms with Gasteiger partial charge in [-0.05, 0) is 49.2 Å². The predicted octanol–water partition coefficient (Wildman–Crippen LogP) is 2.78. The first kappa shape index (κ1) is 12.6. The Morgan fingerprint density at radius 2 is 2.00 bits per heavy atom. The summed E-state index contributed by atoms with van der Waals surface area (Å²) in [5.41, 5.74) is 9.08. The highest BCUT2D eigenvalue weighted by molar-refractivity contribution is 5.34. The van der Waals surface area contributed by atoms with Crippen molar-refractivity contribution in [3.63, 3.8) is 0 Å². The van der Waals surface area contributed by atoms with E-state index in [9.17, 15) is 0 Å². The van der Waals surface area contributed by atoms with Gasteiger partial charge in [0.1, 0.15) is 5.75 Å². The molecule has 0 aliphatic rings. The second-order valence-corrected chi connectivity index (χ2v) is 4.34. The normalized spacial score (nSPS) is 12.2. The molecule has 0 amide bonds. The summed E-state index contributed by atoms with van der Waals surface area (Å²) in [4.78, 5) is 4.28. The van der Waals surface area contributed by atoms with Crippen LogP contribution in [0, 0.1) is 13.8 Å². The quantitative estimate of drug-likeness (QED) is 0.896. The van der Waals surface area contributed by atoms with E-state index < -0.39 is 0 Å². The number of aromatic nitrogens is 1. The van der Waals surface area contributed by atoms with Gasteiger partial charge in [0, 0.05) is 12.7 Å². The van der Waals surface area contributed by atoms with Crippen molar-refractivity contribution in [1.29, 1.82) is 0 Å². The van der Waals surface area contributed by atoms with Gasteiger partial charge in [0.2, 0.25) is 0 Å². The number of hydrogen-bond acceptors (Lipinski definition) is 3. The molecule has 1 atom stereocenters. The minimum Gasteiger partial charge on any atom is -0.483 e. The lowest BCUT2D eigenvalue weighted by Crippen LogP contribution is -2.19. The molecule has 1 heterocycles. The molecule has 0 spiro atoms. The number of benzene rings is 1. The van der Waals surface area contributed by atoms with Crippen LogP contribution in [0.4, 0.5) is 0 Å². The number of nitrogens with zero attached hydrogens (tertiary/aromatic N) is 1. The highest BCUT2D eigenvalue weighted by atomic mass is 16.5. The van der Waals surface area contributed by atoms with Crippen LogP contribution in [0.15, 0.2) is 42.6 Å². The molecule has 0 aliphatic heterocycles. The molecule has 1 unspecified atom stereocenters. The number of ether oxygens (including phenoxy) is 1. The molecule has 18 heavy (non-hydrogen) atoms. The lowest BCUT2D eigenvalue weighted by Gasteiger charge is -2.17. The SMILES string of the molecule is Cc1ccc(OC(CN)c2ccccn2)cc1C. The van der Waals surface area contributed by atoms with Crippen LogP contribution in [0.25, 0.3) is 0 Å². The Bertz CT molecular complexity index is 511. The van der Waals surface area contributed by atoms with Gasteiger partial charge in [-0.1, -0.05) is 12.1 Å². The van der Waals surface area contributed by atoms with Crippen LogP contribution in [0.3, 0.4) is 0 Å². The molecule has 1 aromatic carbocycles. The third kappa shape index (κ3) is 2.87. The Balaban J connectivity index is 2.18. The Labute approximate surface area is 108 Å². The van der Waals surface area contributed by atoms with Crippen LogP contribution in [0.5, 0.6) is 5.75 Å². The molecule has 0 fully saturated rings. The average Bonchev–Trinajstić information content (AvgIpc) is 2.41. The Morgan fingerprint density at radius 1 is 1.17 bits per heavy atom. The third-order valence-electron chi connectivity index (χ3n) is 2.99. The number of aryl methyl sites for hydroxylation is 2. The number of nitrogens with two attached hydrogens (primary N) is 1. The van der Waals surface area contributed by atoms with Gasteiger partial charge in [0.05, 0.1) is 5.69 Å². The van der Waals surface area contributed by atoms with E-state index in [0.717, 1.165) is 11.4 Å². The van der Waals surface area contributed by atoms with E-state index in [1.54, 1.807) is 6.20 Å². The van der Waals surface area contributed by atoms with Crippen LogP contribution in [-0.4, -0.2) is 11.5 Å². The largest absolute Gasteiger partial charge is 0.483 e. The van der Waals surface area contributed by atoms with Crippen molar-refractivity contribution < 1.29 is 4.74 Å². The highest BCUT2D eigenvalue weighted by Gasteiger charge is 2.12. The zero-order chi connectivity index (χ0) is 13.0. The lowest BCUT2D eigenvalue weighted by atomic mass is 10.1.